The minimum atomic E-state index is -0.833. The Morgan fingerprint density at radius 2 is 2.26 bits per heavy atom. The maximum atomic E-state index is 12.4. The highest BCUT2D eigenvalue weighted by molar-refractivity contribution is 5.77. The van der Waals surface area contributed by atoms with Crippen LogP contribution < -0.4 is 10.1 Å². The van der Waals surface area contributed by atoms with Gasteiger partial charge in [0.25, 0.3) is 0 Å². The third-order valence-corrected chi connectivity index (χ3v) is 4.07. The number of carbonyl (C=O) groups is 2. The second kappa shape index (κ2) is 7.85. The lowest BCUT2D eigenvalue weighted by Crippen LogP contribution is -2.47. The van der Waals surface area contributed by atoms with Gasteiger partial charge in [-0.25, -0.2) is 4.79 Å². The molecule has 1 aromatic rings. The molecule has 1 aromatic carbocycles. The molecule has 2 rings (SSSR count). The Hall–Kier alpha value is -2.24. The Balaban J connectivity index is 1.96. The topological polar surface area (TPSA) is 78.9 Å². The summed E-state index contributed by atoms with van der Waals surface area (Å²) < 4.78 is 5.47. The Kier molecular flexibility index (Phi) is 5.84. The number of amides is 2. The van der Waals surface area contributed by atoms with Gasteiger partial charge in [-0.3, -0.25) is 4.79 Å². The molecule has 2 N–H and O–H groups in total. The maximum absolute atomic E-state index is 12.4. The zero-order valence-corrected chi connectivity index (χ0v) is 13.6. The lowest BCUT2D eigenvalue weighted by atomic mass is 9.98. The van der Waals surface area contributed by atoms with Crippen LogP contribution in [0.3, 0.4) is 0 Å². The molecule has 0 bridgehead atoms. The van der Waals surface area contributed by atoms with Gasteiger partial charge in [-0.2, -0.15) is 0 Å². The number of benzene rings is 1. The molecule has 0 saturated carbocycles. The molecule has 0 spiro atoms. The summed E-state index contributed by atoms with van der Waals surface area (Å²) in [5.74, 6) is -0.527. The van der Waals surface area contributed by atoms with Crippen molar-refractivity contribution in [3.05, 3.63) is 29.8 Å². The second-order valence-electron chi connectivity index (χ2n) is 5.80. The van der Waals surface area contributed by atoms with Crippen LogP contribution >= 0.6 is 0 Å². The van der Waals surface area contributed by atoms with E-state index in [1.54, 1.807) is 4.90 Å². The van der Waals surface area contributed by atoms with Gasteiger partial charge in [0.05, 0.1) is 18.6 Å². The Bertz CT molecular complexity index is 561. The first kappa shape index (κ1) is 17.1. The van der Waals surface area contributed by atoms with Crippen molar-refractivity contribution in [3.8, 4) is 5.75 Å². The molecule has 2 amide bonds. The van der Waals surface area contributed by atoms with Crippen LogP contribution in [-0.4, -0.2) is 41.7 Å². The van der Waals surface area contributed by atoms with E-state index in [-0.39, 0.29) is 18.6 Å². The maximum Gasteiger partial charge on any atom is 0.317 e. The van der Waals surface area contributed by atoms with Crippen molar-refractivity contribution < 1.29 is 19.4 Å². The molecule has 23 heavy (non-hydrogen) atoms. The monoisotopic (exact) mass is 320 g/mol. The zero-order chi connectivity index (χ0) is 16.8. The molecule has 1 saturated heterocycles. The average Bonchev–Trinajstić information content (AvgIpc) is 2.55. The summed E-state index contributed by atoms with van der Waals surface area (Å²) in [5, 5.41) is 12.0. The van der Waals surface area contributed by atoms with Crippen molar-refractivity contribution in [2.45, 2.75) is 32.7 Å². The second-order valence-corrected chi connectivity index (χ2v) is 5.80. The largest absolute Gasteiger partial charge is 0.494 e. The number of carboxylic acid groups (broad SMARTS) is 1. The number of carbonyl (C=O) groups excluding carboxylic acids is 1. The molecule has 2 unspecified atom stereocenters. The summed E-state index contributed by atoms with van der Waals surface area (Å²) in [6.45, 7) is 5.29. The molecular weight excluding hydrogens is 296 g/mol. The highest BCUT2D eigenvalue weighted by Gasteiger charge is 2.28. The van der Waals surface area contributed by atoms with Crippen molar-refractivity contribution in [2.75, 3.05) is 19.7 Å². The molecule has 1 aliphatic heterocycles. The number of ether oxygens (including phenoxy) is 1. The third kappa shape index (κ3) is 4.61. The molecule has 6 heteroatoms. The molecule has 6 nitrogen and oxygen atoms in total. The molecule has 1 heterocycles. The van der Waals surface area contributed by atoms with Crippen LogP contribution in [0.1, 0.15) is 38.3 Å². The predicted octanol–water partition coefficient (Wildman–Crippen LogP) is 2.65. The van der Waals surface area contributed by atoms with E-state index in [1.807, 2.05) is 38.1 Å². The van der Waals surface area contributed by atoms with E-state index in [9.17, 15) is 9.59 Å². The van der Waals surface area contributed by atoms with Crippen LogP contribution in [0, 0.1) is 5.92 Å². The third-order valence-electron chi connectivity index (χ3n) is 4.07. The van der Waals surface area contributed by atoms with Crippen LogP contribution in [-0.2, 0) is 4.79 Å². The molecule has 126 valence electrons. The number of nitrogens with zero attached hydrogens (tertiary/aromatic N) is 1. The number of nitrogens with one attached hydrogen (secondary N) is 1. The zero-order valence-electron chi connectivity index (χ0n) is 13.6. The highest BCUT2D eigenvalue weighted by atomic mass is 16.5. The van der Waals surface area contributed by atoms with Gasteiger partial charge in [-0.05, 0) is 44.4 Å². The van der Waals surface area contributed by atoms with E-state index in [1.165, 1.54) is 0 Å². The van der Waals surface area contributed by atoms with Crippen molar-refractivity contribution >= 4 is 12.0 Å². The molecule has 0 aliphatic carbocycles. The molecule has 1 aliphatic rings. The van der Waals surface area contributed by atoms with Gasteiger partial charge in [0.15, 0.2) is 0 Å². The van der Waals surface area contributed by atoms with E-state index in [2.05, 4.69) is 5.32 Å². The Morgan fingerprint density at radius 3 is 2.96 bits per heavy atom. The summed E-state index contributed by atoms with van der Waals surface area (Å²) in [4.78, 5) is 25.0. The average molecular weight is 320 g/mol. The fourth-order valence-corrected chi connectivity index (χ4v) is 2.76. The Labute approximate surface area is 136 Å². The number of carboxylic acids is 1. The van der Waals surface area contributed by atoms with Crippen LogP contribution in [0.25, 0.3) is 0 Å². The molecule has 1 fully saturated rings. The molecule has 0 aromatic heterocycles. The van der Waals surface area contributed by atoms with Crippen molar-refractivity contribution in [1.29, 1.82) is 0 Å². The minimum Gasteiger partial charge on any atom is -0.494 e. The summed E-state index contributed by atoms with van der Waals surface area (Å²) in [6, 6.07) is 7.22. The van der Waals surface area contributed by atoms with Crippen LogP contribution in [0.2, 0.25) is 0 Å². The number of piperidine rings is 1. The first-order valence-electron chi connectivity index (χ1n) is 8.02. The number of hydrogen-bond acceptors (Lipinski definition) is 3. The number of rotatable bonds is 5. The summed E-state index contributed by atoms with van der Waals surface area (Å²) in [5.41, 5.74) is 0.955. The fourth-order valence-electron chi connectivity index (χ4n) is 2.76. The van der Waals surface area contributed by atoms with E-state index >= 15 is 0 Å². The van der Waals surface area contributed by atoms with Gasteiger partial charge in [0, 0.05) is 13.1 Å². The fraction of sp³-hybridized carbons (Fsp3) is 0.529. The molecular formula is C17H24N2O4. The number of aliphatic carboxylic acids is 1. The Morgan fingerprint density at radius 1 is 1.48 bits per heavy atom. The van der Waals surface area contributed by atoms with Crippen LogP contribution in [0.15, 0.2) is 24.3 Å². The van der Waals surface area contributed by atoms with Crippen LogP contribution in [0.5, 0.6) is 5.75 Å². The van der Waals surface area contributed by atoms with Gasteiger partial charge in [0.1, 0.15) is 5.75 Å². The summed E-state index contributed by atoms with van der Waals surface area (Å²) in [7, 11) is 0. The minimum absolute atomic E-state index is 0.173. The van der Waals surface area contributed by atoms with Crippen molar-refractivity contribution in [1.82, 2.24) is 10.2 Å². The van der Waals surface area contributed by atoms with Gasteiger partial charge < -0.3 is 20.1 Å². The van der Waals surface area contributed by atoms with Gasteiger partial charge in [-0.1, -0.05) is 12.1 Å². The predicted molar refractivity (Wildman–Crippen MR) is 86.5 cm³/mol. The van der Waals surface area contributed by atoms with Crippen molar-refractivity contribution in [2.24, 2.45) is 5.92 Å². The summed E-state index contributed by atoms with van der Waals surface area (Å²) >= 11 is 0. The number of hydrogen-bond donors (Lipinski definition) is 2. The lowest BCUT2D eigenvalue weighted by molar-refractivity contribution is -0.143. The van der Waals surface area contributed by atoms with E-state index < -0.39 is 11.9 Å². The van der Waals surface area contributed by atoms with E-state index in [4.69, 9.17) is 9.84 Å². The van der Waals surface area contributed by atoms with Gasteiger partial charge in [0.2, 0.25) is 0 Å². The summed E-state index contributed by atoms with van der Waals surface area (Å²) in [6.07, 6.45) is 1.35. The standard InChI is InChI=1S/C17H24N2O4/c1-3-23-15-8-4-6-13(10-15)12(2)18-17(22)19-9-5-7-14(11-19)16(20)21/h4,6,8,10,12,14H,3,5,7,9,11H2,1-2H3,(H,18,22)(H,20,21). The lowest BCUT2D eigenvalue weighted by Gasteiger charge is -2.31. The van der Waals surface area contributed by atoms with Crippen LogP contribution in [0.4, 0.5) is 4.79 Å². The first-order valence-corrected chi connectivity index (χ1v) is 8.02. The normalized spacial score (nSPS) is 19.0. The molecule has 0 radical (unpaired) electrons. The first-order chi connectivity index (χ1) is 11.0. The quantitative estimate of drug-likeness (QED) is 0.874. The molecule has 2 atom stereocenters. The number of likely N-dealkylation sites (tertiary alicyclic amines) is 1. The van der Waals surface area contributed by atoms with E-state index in [0.717, 1.165) is 17.7 Å². The van der Waals surface area contributed by atoms with Gasteiger partial charge in [-0.15, -0.1) is 0 Å². The highest BCUT2D eigenvalue weighted by Crippen LogP contribution is 2.21. The number of urea groups is 1. The van der Waals surface area contributed by atoms with E-state index in [0.29, 0.717) is 19.6 Å². The van der Waals surface area contributed by atoms with Crippen molar-refractivity contribution in [3.63, 3.8) is 0 Å². The smallest absolute Gasteiger partial charge is 0.317 e. The van der Waals surface area contributed by atoms with Gasteiger partial charge >= 0.3 is 12.0 Å². The SMILES string of the molecule is CCOc1cccc(C(C)NC(=O)N2CCCC(C(=O)O)C2)c1.